The first-order valence-corrected chi connectivity index (χ1v) is 11.7. The molecule has 3 N–H and O–H groups in total. The quantitative estimate of drug-likeness (QED) is 0.404. The molecule has 0 bridgehead atoms. The molecule has 1 aliphatic carbocycles. The Morgan fingerprint density at radius 3 is 2.19 bits per heavy atom. The number of aliphatic carboxylic acids is 1. The van der Waals surface area contributed by atoms with Crippen molar-refractivity contribution in [3.8, 4) is 5.75 Å². The van der Waals surface area contributed by atoms with Crippen LogP contribution in [0, 0.1) is 17.6 Å². The van der Waals surface area contributed by atoms with Crippen molar-refractivity contribution in [2.45, 2.75) is 31.8 Å². The highest BCUT2D eigenvalue weighted by Gasteiger charge is 2.27. The van der Waals surface area contributed by atoms with Crippen molar-refractivity contribution in [3.63, 3.8) is 0 Å². The van der Waals surface area contributed by atoms with E-state index in [1.54, 1.807) is 24.3 Å². The summed E-state index contributed by atoms with van der Waals surface area (Å²) in [5, 5.41) is 15.7. The van der Waals surface area contributed by atoms with Crippen LogP contribution >= 0.6 is 0 Å². The van der Waals surface area contributed by atoms with Crippen LogP contribution in [0.5, 0.6) is 5.75 Å². The Balaban J connectivity index is 1.24. The Kier molecular flexibility index (Phi) is 7.77. The smallest absolute Gasteiger partial charge is 0.306 e. The lowest BCUT2D eigenvalue weighted by Crippen LogP contribution is -2.35. The number of hydrogen-bond donors (Lipinski definition) is 3. The minimum atomic E-state index is -0.805. The molecule has 2 amide bonds. The first kappa shape index (κ1) is 25.1. The molecule has 1 saturated carbocycles. The van der Waals surface area contributed by atoms with Crippen LogP contribution in [0.25, 0.3) is 10.8 Å². The third-order valence-corrected chi connectivity index (χ3v) is 6.27. The van der Waals surface area contributed by atoms with Crippen molar-refractivity contribution in [1.82, 2.24) is 10.6 Å². The van der Waals surface area contributed by atoms with Crippen LogP contribution < -0.4 is 15.4 Å². The Hall–Kier alpha value is -4.01. The summed E-state index contributed by atoms with van der Waals surface area (Å²) in [5.41, 5.74) is 0.253. The topological polar surface area (TPSA) is 105 Å². The van der Waals surface area contributed by atoms with Gasteiger partial charge in [0.2, 0.25) is 0 Å². The molecule has 0 radical (unpaired) electrons. The van der Waals surface area contributed by atoms with Gasteiger partial charge in [0, 0.05) is 24.7 Å². The molecule has 0 unspecified atom stereocenters. The second-order valence-electron chi connectivity index (χ2n) is 8.79. The van der Waals surface area contributed by atoms with E-state index in [1.165, 1.54) is 24.3 Å². The number of ether oxygens (including phenoxy) is 1. The molecule has 0 saturated heterocycles. The fourth-order valence-corrected chi connectivity index (χ4v) is 4.28. The van der Waals surface area contributed by atoms with Gasteiger partial charge in [-0.2, -0.15) is 0 Å². The molecular formula is C27H26F2N2O5. The van der Waals surface area contributed by atoms with Gasteiger partial charge in [0.15, 0.2) is 0 Å². The summed E-state index contributed by atoms with van der Waals surface area (Å²) in [6.07, 6.45) is 1.99. The summed E-state index contributed by atoms with van der Waals surface area (Å²) in [7, 11) is 0. The summed E-state index contributed by atoms with van der Waals surface area (Å²) >= 11 is 0. The van der Waals surface area contributed by atoms with E-state index >= 15 is 0 Å². The number of hydrogen-bond acceptors (Lipinski definition) is 4. The molecule has 3 aromatic carbocycles. The predicted octanol–water partition coefficient (Wildman–Crippen LogP) is 4.30. The second-order valence-corrected chi connectivity index (χ2v) is 8.79. The summed E-state index contributed by atoms with van der Waals surface area (Å²) < 4.78 is 33.6. The average molecular weight is 497 g/mol. The Morgan fingerprint density at radius 2 is 1.50 bits per heavy atom. The van der Waals surface area contributed by atoms with Gasteiger partial charge in [0.25, 0.3) is 11.8 Å². The first-order valence-electron chi connectivity index (χ1n) is 11.7. The molecule has 9 heteroatoms. The van der Waals surface area contributed by atoms with E-state index in [4.69, 9.17) is 9.84 Å². The van der Waals surface area contributed by atoms with Gasteiger partial charge in [0.05, 0.1) is 17.6 Å². The number of amides is 2. The Bertz CT molecular complexity index is 1290. The SMILES string of the molecule is O=C(NCCNC(=O)c1ccc(OC2CCC(C(=O)O)CC2)cc1F)c1ccc2cc(F)ccc2c1. The van der Waals surface area contributed by atoms with E-state index < -0.39 is 17.7 Å². The van der Waals surface area contributed by atoms with Crippen molar-refractivity contribution in [2.75, 3.05) is 13.1 Å². The fourth-order valence-electron chi connectivity index (χ4n) is 4.28. The number of carbonyl (C=O) groups is 3. The highest BCUT2D eigenvalue weighted by atomic mass is 19.1. The van der Waals surface area contributed by atoms with Crippen LogP contribution in [0.2, 0.25) is 0 Å². The second kappa shape index (κ2) is 11.2. The van der Waals surface area contributed by atoms with Crippen molar-refractivity contribution in [3.05, 3.63) is 77.4 Å². The summed E-state index contributed by atoms with van der Waals surface area (Å²) in [6.45, 7) is 0.224. The van der Waals surface area contributed by atoms with Gasteiger partial charge < -0.3 is 20.5 Å². The van der Waals surface area contributed by atoms with Gasteiger partial charge in [-0.05, 0) is 72.9 Å². The normalized spacial score (nSPS) is 17.4. The summed E-state index contributed by atoms with van der Waals surface area (Å²) in [6, 6.07) is 13.2. The van der Waals surface area contributed by atoms with Gasteiger partial charge >= 0.3 is 5.97 Å². The third kappa shape index (κ3) is 6.16. The van der Waals surface area contributed by atoms with Crippen molar-refractivity contribution in [2.24, 2.45) is 5.92 Å². The lowest BCUT2D eigenvalue weighted by molar-refractivity contribution is -0.143. The van der Waals surface area contributed by atoms with E-state index in [2.05, 4.69) is 10.6 Å². The number of halogens is 2. The maximum Gasteiger partial charge on any atom is 0.306 e. The van der Waals surface area contributed by atoms with Crippen LogP contribution in [0.1, 0.15) is 46.4 Å². The molecule has 4 rings (SSSR count). The standard InChI is InChI=1S/C27H26F2N2O5/c28-20-6-3-17-13-19(2-1-18(17)14-20)25(32)30-11-12-31-26(33)23-10-9-22(15-24(23)29)36-21-7-4-16(5-8-21)27(34)35/h1-3,6,9-10,13-16,21H,4-5,7-8,11-12H2,(H,30,32)(H,31,33)(H,34,35). The highest BCUT2D eigenvalue weighted by molar-refractivity contribution is 5.98. The van der Waals surface area contributed by atoms with Crippen LogP contribution in [0.15, 0.2) is 54.6 Å². The minimum Gasteiger partial charge on any atom is -0.490 e. The fraction of sp³-hybridized carbons (Fsp3) is 0.296. The zero-order valence-corrected chi connectivity index (χ0v) is 19.4. The molecule has 7 nitrogen and oxygen atoms in total. The molecule has 0 aromatic heterocycles. The van der Waals surface area contributed by atoms with Gasteiger partial charge in [-0.1, -0.05) is 12.1 Å². The van der Waals surface area contributed by atoms with Crippen LogP contribution in [-0.2, 0) is 4.79 Å². The minimum absolute atomic E-state index is 0.0911. The largest absolute Gasteiger partial charge is 0.490 e. The number of benzene rings is 3. The zero-order chi connectivity index (χ0) is 25.7. The maximum absolute atomic E-state index is 14.5. The lowest BCUT2D eigenvalue weighted by atomic mass is 9.87. The van der Waals surface area contributed by atoms with Crippen molar-refractivity contribution >= 4 is 28.6 Å². The van der Waals surface area contributed by atoms with E-state index in [0.29, 0.717) is 36.6 Å². The third-order valence-electron chi connectivity index (χ3n) is 6.27. The number of carboxylic acids is 1. The molecule has 0 atom stereocenters. The molecule has 3 aromatic rings. The molecule has 1 aliphatic rings. The van der Waals surface area contributed by atoms with Crippen LogP contribution in [0.3, 0.4) is 0 Å². The number of carboxylic acid groups (broad SMARTS) is 1. The predicted molar refractivity (Wildman–Crippen MR) is 129 cm³/mol. The number of nitrogens with one attached hydrogen (secondary N) is 2. The molecule has 0 heterocycles. The molecule has 0 aliphatic heterocycles. The maximum atomic E-state index is 14.5. The van der Waals surface area contributed by atoms with E-state index in [-0.39, 0.29) is 48.1 Å². The summed E-state index contributed by atoms with van der Waals surface area (Å²) in [4.78, 5) is 35.8. The van der Waals surface area contributed by atoms with Crippen LogP contribution in [-0.4, -0.2) is 42.1 Å². The van der Waals surface area contributed by atoms with Gasteiger partial charge in [-0.15, -0.1) is 0 Å². The van der Waals surface area contributed by atoms with Gasteiger partial charge in [-0.25, -0.2) is 8.78 Å². The molecular weight excluding hydrogens is 470 g/mol. The average Bonchev–Trinajstić information content (AvgIpc) is 2.86. The van der Waals surface area contributed by atoms with Gasteiger partial charge in [-0.3, -0.25) is 14.4 Å². The Morgan fingerprint density at radius 1 is 0.833 bits per heavy atom. The van der Waals surface area contributed by atoms with Crippen LogP contribution in [0.4, 0.5) is 8.78 Å². The zero-order valence-electron chi connectivity index (χ0n) is 19.4. The number of fused-ring (bicyclic) bond motifs is 1. The van der Waals surface area contributed by atoms with Gasteiger partial charge in [0.1, 0.15) is 17.4 Å². The van der Waals surface area contributed by atoms with E-state index in [0.717, 1.165) is 11.5 Å². The number of carbonyl (C=O) groups excluding carboxylic acids is 2. The molecule has 0 spiro atoms. The monoisotopic (exact) mass is 496 g/mol. The Labute approximate surface area is 206 Å². The summed E-state index contributed by atoms with van der Waals surface area (Å²) in [5.74, 6) is -2.94. The molecule has 188 valence electrons. The lowest BCUT2D eigenvalue weighted by Gasteiger charge is -2.26. The van der Waals surface area contributed by atoms with E-state index in [9.17, 15) is 23.2 Å². The van der Waals surface area contributed by atoms with Crippen molar-refractivity contribution < 1.29 is 33.0 Å². The van der Waals surface area contributed by atoms with E-state index in [1.807, 2.05) is 0 Å². The molecule has 36 heavy (non-hydrogen) atoms. The number of rotatable bonds is 8. The van der Waals surface area contributed by atoms with Crippen molar-refractivity contribution in [1.29, 1.82) is 0 Å². The highest BCUT2D eigenvalue weighted by Crippen LogP contribution is 2.28. The first-order chi connectivity index (χ1) is 17.3. The molecule has 1 fully saturated rings.